The zero-order chi connectivity index (χ0) is 16.1. The van der Waals surface area contributed by atoms with Crippen LogP contribution in [0.2, 0.25) is 0 Å². The number of rotatable bonds is 8. The van der Waals surface area contributed by atoms with Crippen LogP contribution >= 0.6 is 0 Å². The predicted molar refractivity (Wildman–Crippen MR) is 88.7 cm³/mol. The molecule has 0 radical (unpaired) electrons. The van der Waals surface area contributed by atoms with Crippen molar-refractivity contribution in [1.29, 1.82) is 0 Å². The Kier molecular flexibility index (Phi) is 5.98. The van der Waals surface area contributed by atoms with E-state index in [1.165, 1.54) is 11.1 Å². The van der Waals surface area contributed by atoms with Crippen LogP contribution in [-0.4, -0.2) is 48.2 Å². The van der Waals surface area contributed by atoms with E-state index in [2.05, 4.69) is 24.4 Å². The Labute approximate surface area is 133 Å². The minimum atomic E-state index is -0.299. The van der Waals surface area contributed by atoms with Gasteiger partial charge in [-0.25, -0.2) is 0 Å². The number of nitrogens with one attached hydrogen (secondary N) is 1. The van der Waals surface area contributed by atoms with Gasteiger partial charge in [0, 0.05) is 13.1 Å². The maximum atomic E-state index is 12.2. The van der Waals surface area contributed by atoms with Gasteiger partial charge in [-0.3, -0.25) is 9.69 Å². The molecule has 0 saturated heterocycles. The molecule has 0 aliphatic heterocycles. The highest BCUT2D eigenvalue weighted by Gasteiger charge is 2.31. The largest absolute Gasteiger partial charge is 0.392 e. The van der Waals surface area contributed by atoms with Crippen LogP contribution < -0.4 is 5.32 Å². The quantitative estimate of drug-likeness (QED) is 0.769. The molecule has 0 spiro atoms. The number of carbonyl (C=O) groups is 1. The van der Waals surface area contributed by atoms with Gasteiger partial charge < -0.3 is 10.4 Å². The third-order valence-corrected chi connectivity index (χ3v) is 4.64. The van der Waals surface area contributed by atoms with Crippen molar-refractivity contribution in [3.63, 3.8) is 0 Å². The maximum Gasteiger partial charge on any atom is 0.237 e. The topological polar surface area (TPSA) is 52.6 Å². The highest BCUT2D eigenvalue weighted by Crippen LogP contribution is 2.32. The number of hydrogen-bond acceptors (Lipinski definition) is 3. The van der Waals surface area contributed by atoms with Crippen molar-refractivity contribution < 1.29 is 9.90 Å². The molecule has 1 amide bonds. The van der Waals surface area contributed by atoms with Gasteiger partial charge in [0.25, 0.3) is 0 Å². The average Bonchev–Trinajstić information content (AvgIpc) is 3.33. The second kappa shape index (κ2) is 7.75. The van der Waals surface area contributed by atoms with Crippen molar-refractivity contribution in [3.05, 3.63) is 35.4 Å². The number of aryl methyl sites for hydroxylation is 1. The molecule has 1 saturated carbocycles. The molecule has 1 aromatic carbocycles. The maximum absolute atomic E-state index is 12.2. The highest BCUT2D eigenvalue weighted by atomic mass is 16.3. The number of benzene rings is 1. The molecule has 4 nitrogen and oxygen atoms in total. The standard InChI is InChI=1S/C18H28N2O2/c1-13-6-4-5-7-15(13)10-11-19-18(22)14(2)20(3)12-17(21)16-8-9-16/h4-7,14,16-17,21H,8-12H2,1-3H3,(H,19,22). The number of aliphatic hydroxyl groups excluding tert-OH is 1. The van der Waals surface area contributed by atoms with E-state index < -0.39 is 0 Å². The molecule has 1 aliphatic carbocycles. The molecule has 1 fully saturated rings. The molecule has 0 heterocycles. The molecule has 0 bridgehead atoms. The van der Waals surface area contributed by atoms with Crippen LogP contribution in [0.3, 0.4) is 0 Å². The van der Waals surface area contributed by atoms with E-state index in [0.29, 0.717) is 19.0 Å². The molecule has 122 valence electrons. The van der Waals surface area contributed by atoms with Crippen LogP contribution in [0.5, 0.6) is 0 Å². The third kappa shape index (κ3) is 4.82. The normalized spacial score (nSPS) is 17.3. The summed E-state index contributed by atoms with van der Waals surface area (Å²) in [4.78, 5) is 14.1. The van der Waals surface area contributed by atoms with Gasteiger partial charge in [-0.2, -0.15) is 0 Å². The number of likely N-dealkylation sites (N-methyl/N-ethyl adjacent to an activating group) is 1. The average molecular weight is 304 g/mol. The number of hydrogen-bond donors (Lipinski definition) is 2. The molecule has 22 heavy (non-hydrogen) atoms. The van der Waals surface area contributed by atoms with Crippen molar-refractivity contribution in [2.24, 2.45) is 5.92 Å². The second-order valence-electron chi connectivity index (χ2n) is 6.49. The first kappa shape index (κ1) is 17.0. The summed E-state index contributed by atoms with van der Waals surface area (Å²) in [5.41, 5.74) is 2.53. The van der Waals surface area contributed by atoms with Gasteiger partial charge in [-0.1, -0.05) is 24.3 Å². The van der Waals surface area contributed by atoms with Gasteiger partial charge in [0.1, 0.15) is 0 Å². The Morgan fingerprint density at radius 1 is 1.41 bits per heavy atom. The van der Waals surface area contributed by atoms with Gasteiger partial charge in [-0.15, -0.1) is 0 Å². The Hall–Kier alpha value is -1.39. The molecule has 2 rings (SSSR count). The molecule has 2 N–H and O–H groups in total. The molecule has 1 aromatic rings. The van der Waals surface area contributed by atoms with Crippen molar-refractivity contribution in [3.8, 4) is 0 Å². The second-order valence-corrected chi connectivity index (χ2v) is 6.49. The zero-order valence-corrected chi connectivity index (χ0v) is 13.9. The monoisotopic (exact) mass is 304 g/mol. The predicted octanol–water partition coefficient (Wildman–Crippen LogP) is 1.74. The fraction of sp³-hybridized carbons (Fsp3) is 0.611. The summed E-state index contributed by atoms with van der Waals surface area (Å²) in [5, 5.41) is 13.0. The van der Waals surface area contributed by atoms with Crippen molar-refractivity contribution in [2.45, 2.75) is 45.3 Å². The molecule has 4 heteroatoms. The minimum absolute atomic E-state index is 0.0269. The highest BCUT2D eigenvalue weighted by molar-refractivity contribution is 5.81. The summed E-state index contributed by atoms with van der Waals surface area (Å²) >= 11 is 0. The van der Waals surface area contributed by atoms with Gasteiger partial charge in [-0.05, 0) is 57.2 Å². The van der Waals surface area contributed by atoms with Gasteiger partial charge in [0.15, 0.2) is 0 Å². The lowest BCUT2D eigenvalue weighted by atomic mass is 10.1. The first-order valence-corrected chi connectivity index (χ1v) is 8.19. The summed E-state index contributed by atoms with van der Waals surface area (Å²) in [6.07, 6.45) is 2.78. The van der Waals surface area contributed by atoms with Crippen LogP contribution in [-0.2, 0) is 11.2 Å². The Bertz CT molecular complexity index is 500. The van der Waals surface area contributed by atoms with E-state index >= 15 is 0 Å². The van der Waals surface area contributed by atoms with Crippen LogP contribution in [0.1, 0.15) is 30.9 Å². The zero-order valence-electron chi connectivity index (χ0n) is 13.9. The lowest BCUT2D eigenvalue weighted by molar-refractivity contribution is -0.125. The lowest BCUT2D eigenvalue weighted by Gasteiger charge is -2.26. The minimum Gasteiger partial charge on any atom is -0.392 e. The number of carbonyl (C=O) groups excluding carboxylic acids is 1. The van der Waals surface area contributed by atoms with Gasteiger partial charge in [0.05, 0.1) is 12.1 Å². The molecule has 1 aliphatic rings. The fourth-order valence-electron chi connectivity index (χ4n) is 2.64. The van der Waals surface area contributed by atoms with Crippen LogP contribution in [0, 0.1) is 12.8 Å². The Morgan fingerprint density at radius 3 is 2.73 bits per heavy atom. The van der Waals surface area contributed by atoms with Crippen molar-refractivity contribution in [1.82, 2.24) is 10.2 Å². The summed E-state index contributed by atoms with van der Waals surface area (Å²) in [5.74, 6) is 0.470. The van der Waals surface area contributed by atoms with Crippen LogP contribution in [0.4, 0.5) is 0 Å². The van der Waals surface area contributed by atoms with Gasteiger partial charge >= 0.3 is 0 Å². The van der Waals surface area contributed by atoms with E-state index in [4.69, 9.17) is 0 Å². The fourth-order valence-corrected chi connectivity index (χ4v) is 2.64. The molecule has 0 aromatic heterocycles. The van der Waals surface area contributed by atoms with Crippen LogP contribution in [0.15, 0.2) is 24.3 Å². The third-order valence-electron chi connectivity index (χ3n) is 4.64. The summed E-state index contributed by atoms with van der Waals surface area (Å²) < 4.78 is 0. The Balaban J connectivity index is 1.72. The van der Waals surface area contributed by atoms with E-state index in [1.54, 1.807) is 0 Å². The smallest absolute Gasteiger partial charge is 0.237 e. The SMILES string of the molecule is Cc1ccccc1CCNC(=O)C(C)N(C)CC(O)C1CC1. The van der Waals surface area contributed by atoms with E-state index in [0.717, 1.165) is 19.3 Å². The van der Waals surface area contributed by atoms with Crippen LogP contribution in [0.25, 0.3) is 0 Å². The first-order chi connectivity index (χ1) is 10.5. The molecular formula is C18H28N2O2. The number of aliphatic hydroxyl groups is 1. The van der Waals surface area contributed by atoms with Crippen molar-refractivity contribution in [2.75, 3.05) is 20.1 Å². The summed E-state index contributed by atoms with van der Waals surface area (Å²) in [7, 11) is 1.90. The van der Waals surface area contributed by atoms with E-state index in [9.17, 15) is 9.90 Å². The Morgan fingerprint density at radius 2 is 2.09 bits per heavy atom. The van der Waals surface area contributed by atoms with E-state index in [1.807, 2.05) is 31.0 Å². The number of amides is 1. The summed E-state index contributed by atoms with van der Waals surface area (Å²) in [6.45, 7) is 5.19. The number of nitrogens with zero attached hydrogens (tertiary/aromatic N) is 1. The van der Waals surface area contributed by atoms with Crippen molar-refractivity contribution >= 4 is 5.91 Å². The molecular weight excluding hydrogens is 276 g/mol. The first-order valence-electron chi connectivity index (χ1n) is 8.19. The lowest BCUT2D eigenvalue weighted by Crippen LogP contribution is -2.46. The molecule has 2 atom stereocenters. The molecule has 2 unspecified atom stereocenters. The van der Waals surface area contributed by atoms with E-state index in [-0.39, 0.29) is 18.1 Å². The van der Waals surface area contributed by atoms with Gasteiger partial charge in [0.2, 0.25) is 5.91 Å². The summed E-state index contributed by atoms with van der Waals surface area (Å²) in [6, 6.07) is 8.03.